The molecule has 1 atom stereocenters. The van der Waals surface area contributed by atoms with E-state index >= 15 is 0 Å². The van der Waals surface area contributed by atoms with Gasteiger partial charge >= 0.3 is 0 Å². The zero-order valence-electron chi connectivity index (χ0n) is 11.3. The molecule has 4 nitrogen and oxygen atoms in total. The zero-order chi connectivity index (χ0) is 14.8. The first-order valence-corrected chi connectivity index (χ1v) is 8.36. The third-order valence-corrected chi connectivity index (χ3v) is 5.62. The van der Waals surface area contributed by atoms with Gasteiger partial charge in [-0.05, 0) is 50.6 Å². The molecular weight excluding hydrogens is 303 g/mol. The molecule has 7 heteroatoms. The van der Waals surface area contributed by atoms with Gasteiger partial charge in [0.1, 0.15) is 10.7 Å². The topological polar surface area (TPSA) is 49.4 Å². The smallest absolute Gasteiger partial charge is 0.245 e. The molecule has 1 saturated heterocycles. The van der Waals surface area contributed by atoms with Crippen LogP contribution in [0, 0.1) is 11.7 Å². The highest BCUT2D eigenvalue weighted by molar-refractivity contribution is 7.89. The Morgan fingerprint density at radius 3 is 2.90 bits per heavy atom. The molecule has 1 aromatic rings. The Bertz CT molecular complexity index is 578. The summed E-state index contributed by atoms with van der Waals surface area (Å²) in [7, 11) is -1.95. The average Bonchev–Trinajstić information content (AvgIpc) is 2.39. The highest BCUT2D eigenvalue weighted by Crippen LogP contribution is 2.26. The molecule has 1 aliphatic heterocycles. The molecule has 1 fully saturated rings. The van der Waals surface area contributed by atoms with Gasteiger partial charge in [-0.2, -0.15) is 4.31 Å². The fourth-order valence-electron chi connectivity index (χ4n) is 2.52. The van der Waals surface area contributed by atoms with Crippen LogP contribution in [0.5, 0.6) is 0 Å². The van der Waals surface area contributed by atoms with Crippen molar-refractivity contribution in [2.75, 3.05) is 26.7 Å². The summed E-state index contributed by atoms with van der Waals surface area (Å²) in [6, 6.07) is 3.66. The second-order valence-electron chi connectivity index (χ2n) is 5.00. The molecule has 0 saturated carbocycles. The van der Waals surface area contributed by atoms with E-state index < -0.39 is 15.8 Å². The Morgan fingerprint density at radius 2 is 2.25 bits per heavy atom. The van der Waals surface area contributed by atoms with Crippen LogP contribution < -0.4 is 5.32 Å². The van der Waals surface area contributed by atoms with Crippen LogP contribution >= 0.6 is 11.6 Å². The molecular formula is C13H18ClFN2O2S. The summed E-state index contributed by atoms with van der Waals surface area (Å²) in [5, 5.41) is 3.24. The van der Waals surface area contributed by atoms with E-state index in [0.29, 0.717) is 13.1 Å². The molecule has 1 aromatic carbocycles. The Kier molecular flexibility index (Phi) is 5.01. The maximum atomic E-state index is 13.8. The van der Waals surface area contributed by atoms with Crippen molar-refractivity contribution in [2.45, 2.75) is 17.7 Å². The molecule has 0 amide bonds. The molecule has 1 aliphatic rings. The molecule has 0 aromatic heterocycles. The number of hydrogen-bond donors (Lipinski definition) is 1. The molecule has 112 valence electrons. The fraction of sp³-hybridized carbons (Fsp3) is 0.538. The van der Waals surface area contributed by atoms with Gasteiger partial charge in [-0.15, -0.1) is 0 Å². The molecule has 0 bridgehead atoms. The third kappa shape index (κ3) is 3.31. The van der Waals surface area contributed by atoms with Crippen LogP contribution in [0.25, 0.3) is 0 Å². The summed E-state index contributed by atoms with van der Waals surface area (Å²) < 4.78 is 40.2. The maximum absolute atomic E-state index is 13.8. The van der Waals surface area contributed by atoms with Gasteiger partial charge in [-0.25, -0.2) is 12.8 Å². The van der Waals surface area contributed by atoms with Crippen molar-refractivity contribution in [2.24, 2.45) is 5.92 Å². The lowest BCUT2D eigenvalue weighted by Crippen LogP contribution is -2.42. The minimum Gasteiger partial charge on any atom is -0.319 e. The second-order valence-corrected chi connectivity index (χ2v) is 7.35. The first-order valence-electron chi connectivity index (χ1n) is 6.55. The van der Waals surface area contributed by atoms with E-state index in [9.17, 15) is 12.8 Å². The van der Waals surface area contributed by atoms with E-state index in [1.54, 1.807) is 0 Å². The van der Waals surface area contributed by atoms with Crippen LogP contribution in [0.15, 0.2) is 23.1 Å². The zero-order valence-corrected chi connectivity index (χ0v) is 12.8. The number of hydrogen-bond acceptors (Lipinski definition) is 3. The Labute approximate surface area is 124 Å². The van der Waals surface area contributed by atoms with Crippen LogP contribution in [-0.4, -0.2) is 39.4 Å². The van der Waals surface area contributed by atoms with Crippen molar-refractivity contribution in [1.29, 1.82) is 0 Å². The van der Waals surface area contributed by atoms with Crippen molar-refractivity contribution in [3.63, 3.8) is 0 Å². The lowest BCUT2D eigenvalue weighted by atomic mass is 10.00. The van der Waals surface area contributed by atoms with Gasteiger partial charge in [0, 0.05) is 18.1 Å². The van der Waals surface area contributed by atoms with Crippen molar-refractivity contribution >= 4 is 21.6 Å². The summed E-state index contributed by atoms with van der Waals surface area (Å²) >= 11 is 5.66. The predicted molar refractivity (Wildman–Crippen MR) is 76.8 cm³/mol. The summed E-state index contributed by atoms with van der Waals surface area (Å²) in [6.07, 6.45) is 1.77. The Hall–Kier alpha value is -0.690. The van der Waals surface area contributed by atoms with Crippen LogP contribution in [-0.2, 0) is 10.0 Å². The number of sulfonamides is 1. The number of halogens is 2. The first-order chi connectivity index (χ1) is 9.45. The first kappa shape index (κ1) is 15.7. The molecule has 20 heavy (non-hydrogen) atoms. The minimum absolute atomic E-state index is 0.188. The van der Waals surface area contributed by atoms with Crippen LogP contribution in [0.2, 0.25) is 5.02 Å². The van der Waals surface area contributed by atoms with Crippen LogP contribution in [0.4, 0.5) is 4.39 Å². The van der Waals surface area contributed by atoms with Gasteiger partial charge in [0.25, 0.3) is 0 Å². The highest BCUT2D eigenvalue weighted by Gasteiger charge is 2.31. The molecule has 0 radical (unpaired) electrons. The van der Waals surface area contributed by atoms with Crippen LogP contribution in [0.1, 0.15) is 12.8 Å². The SMILES string of the molecule is CNC[C@@H]1CCCN(S(=O)(=O)c2ccc(Cl)cc2F)C1. The summed E-state index contributed by atoms with van der Waals surface area (Å²) in [6.45, 7) is 1.62. The normalized spacial score (nSPS) is 21.1. The number of benzene rings is 1. The standard InChI is InChI=1S/C13H18ClFN2O2S/c1-16-8-10-3-2-6-17(9-10)20(18,19)13-5-4-11(14)7-12(13)15/h4-5,7,10,16H,2-3,6,8-9H2,1H3/t10-/m0/s1. The van der Waals surface area contributed by atoms with Crippen molar-refractivity contribution in [3.05, 3.63) is 29.0 Å². The van der Waals surface area contributed by atoms with E-state index in [1.807, 2.05) is 7.05 Å². The minimum atomic E-state index is -3.79. The number of piperidine rings is 1. The molecule has 2 rings (SSSR count). The maximum Gasteiger partial charge on any atom is 0.245 e. The summed E-state index contributed by atoms with van der Waals surface area (Å²) in [5.74, 6) is -0.535. The molecule has 0 spiro atoms. The van der Waals surface area contributed by atoms with Gasteiger partial charge in [-0.3, -0.25) is 0 Å². The second kappa shape index (κ2) is 6.39. The van der Waals surface area contributed by atoms with E-state index in [1.165, 1.54) is 16.4 Å². The quantitative estimate of drug-likeness (QED) is 0.924. The lowest BCUT2D eigenvalue weighted by molar-refractivity contribution is 0.263. The molecule has 1 heterocycles. The molecule has 1 N–H and O–H groups in total. The van der Waals surface area contributed by atoms with Crippen molar-refractivity contribution in [3.8, 4) is 0 Å². The highest BCUT2D eigenvalue weighted by atomic mass is 35.5. The van der Waals surface area contributed by atoms with Crippen LogP contribution in [0.3, 0.4) is 0 Å². The average molecular weight is 321 g/mol. The van der Waals surface area contributed by atoms with Gasteiger partial charge in [0.05, 0.1) is 0 Å². The summed E-state index contributed by atoms with van der Waals surface area (Å²) in [4.78, 5) is -0.299. The van der Waals surface area contributed by atoms with Gasteiger partial charge in [0.15, 0.2) is 0 Å². The van der Waals surface area contributed by atoms with E-state index in [2.05, 4.69) is 5.32 Å². The Balaban J connectivity index is 2.25. The largest absolute Gasteiger partial charge is 0.319 e. The van der Waals surface area contributed by atoms with E-state index in [-0.39, 0.29) is 15.8 Å². The summed E-state index contributed by atoms with van der Waals surface area (Å²) in [5.41, 5.74) is 0. The Morgan fingerprint density at radius 1 is 1.50 bits per heavy atom. The van der Waals surface area contributed by atoms with Gasteiger partial charge in [-0.1, -0.05) is 11.6 Å². The molecule has 0 unspecified atom stereocenters. The fourth-order valence-corrected chi connectivity index (χ4v) is 4.28. The van der Waals surface area contributed by atoms with E-state index in [0.717, 1.165) is 25.5 Å². The van der Waals surface area contributed by atoms with E-state index in [4.69, 9.17) is 11.6 Å². The van der Waals surface area contributed by atoms with Gasteiger partial charge < -0.3 is 5.32 Å². The number of nitrogens with zero attached hydrogens (tertiary/aromatic N) is 1. The predicted octanol–water partition coefficient (Wildman–Crippen LogP) is 2.10. The number of rotatable bonds is 4. The lowest BCUT2D eigenvalue weighted by Gasteiger charge is -2.31. The number of nitrogens with one attached hydrogen (secondary N) is 1. The van der Waals surface area contributed by atoms with Gasteiger partial charge in [0.2, 0.25) is 10.0 Å². The third-order valence-electron chi connectivity index (χ3n) is 3.49. The monoisotopic (exact) mass is 320 g/mol. The van der Waals surface area contributed by atoms with Crippen molar-refractivity contribution < 1.29 is 12.8 Å². The van der Waals surface area contributed by atoms with Crippen molar-refractivity contribution in [1.82, 2.24) is 9.62 Å². The molecule has 0 aliphatic carbocycles.